The highest BCUT2D eigenvalue weighted by atomic mass is 32.2. The van der Waals surface area contributed by atoms with Gasteiger partial charge in [-0.05, 0) is 49.7 Å². The topological polar surface area (TPSA) is 103 Å². The maximum absolute atomic E-state index is 13.1. The van der Waals surface area contributed by atoms with Gasteiger partial charge in [0.2, 0.25) is 5.91 Å². The summed E-state index contributed by atoms with van der Waals surface area (Å²) in [4.78, 5) is 14.6. The summed E-state index contributed by atoms with van der Waals surface area (Å²) in [5.74, 6) is 0.0779. The first-order valence-electron chi connectivity index (χ1n) is 10.3. The molecule has 33 heavy (non-hydrogen) atoms. The Kier molecular flexibility index (Phi) is 6.99. The van der Waals surface area contributed by atoms with Gasteiger partial charge in [-0.1, -0.05) is 30.0 Å². The first-order chi connectivity index (χ1) is 15.8. The predicted molar refractivity (Wildman–Crippen MR) is 121 cm³/mol. The minimum Gasteiger partial charge on any atom is -0.481 e. The molecule has 0 N–H and O–H groups in total. The zero-order valence-corrected chi connectivity index (χ0v) is 19.4. The van der Waals surface area contributed by atoms with Gasteiger partial charge in [0.15, 0.2) is 15.9 Å². The highest BCUT2D eigenvalue weighted by molar-refractivity contribution is 7.99. The van der Waals surface area contributed by atoms with Crippen LogP contribution in [0.3, 0.4) is 0 Å². The molecule has 0 spiro atoms. The van der Waals surface area contributed by atoms with Crippen LogP contribution in [0.1, 0.15) is 25.3 Å². The predicted octanol–water partition coefficient (Wildman–Crippen LogP) is 3.66. The number of carbonyl (C=O) groups excluding carboxylic acids is 1. The summed E-state index contributed by atoms with van der Waals surface area (Å²) in [5.41, 5.74) is 0.651. The van der Waals surface area contributed by atoms with Gasteiger partial charge in [0.05, 0.1) is 23.3 Å². The number of para-hydroxylation sites is 1. The highest BCUT2D eigenvalue weighted by Crippen LogP contribution is 2.28. The van der Waals surface area contributed by atoms with E-state index in [9.17, 15) is 17.6 Å². The van der Waals surface area contributed by atoms with Crippen molar-refractivity contribution in [1.82, 2.24) is 10.2 Å². The molecule has 2 aromatic carbocycles. The standard InChI is InChI=1S/C22H22FN3O5S2/c1-15(30-19-9-7-16(23)8-10-19)21-24-25-22(31-21)32-13-20(27)26(17-5-3-2-4-6-17)18-11-12-33(28,29)14-18/h2-10,15,18H,11-14H2,1H3/t15-,18+/m0/s1. The van der Waals surface area contributed by atoms with Crippen LogP contribution >= 0.6 is 11.8 Å². The van der Waals surface area contributed by atoms with E-state index in [-0.39, 0.29) is 40.1 Å². The quantitative estimate of drug-likeness (QED) is 0.440. The first kappa shape index (κ1) is 23.2. The Morgan fingerprint density at radius 2 is 1.94 bits per heavy atom. The molecule has 1 amide bonds. The normalized spacial score (nSPS) is 18.1. The molecular formula is C22H22FN3O5S2. The van der Waals surface area contributed by atoms with Gasteiger partial charge in [0, 0.05) is 5.69 Å². The number of benzene rings is 2. The third-order valence-corrected chi connectivity index (χ3v) is 7.65. The molecule has 1 fully saturated rings. The smallest absolute Gasteiger partial charge is 0.277 e. The van der Waals surface area contributed by atoms with Gasteiger partial charge in [-0.15, -0.1) is 10.2 Å². The summed E-state index contributed by atoms with van der Waals surface area (Å²) < 4.78 is 48.3. The minimum atomic E-state index is -3.16. The summed E-state index contributed by atoms with van der Waals surface area (Å²) >= 11 is 1.07. The van der Waals surface area contributed by atoms with Crippen molar-refractivity contribution in [1.29, 1.82) is 0 Å². The number of hydrogen-bond donors (Lipinski definition) is 0. The van der Waals surface area contributed by atoms with E-state index in [1.165, 1.54) is 24.3 Å². The van der Waals surface area contributed by atoms with Crippen LogP contribution in [0.2, 0.25) is 0 Å². The molecule has 8 nitrogen and oxygen atoms in total. The molecule has 2 heterocycles. The summed E-state index contributed by atoms with van der Waals surface area (Å²) in [6, 6.07) is 14.2. The Morgan fingerprint density at radius 1 is 1.21 bits per heavy atom. The summed E-state index contributed by atoms with van der Waals surface area (Å²) in [6.45, 7) is 1.72. The monoisotopic (exact) mass is 491 g/mol. The number of halogens is 1. The molecule has 0 unspecified atom stereocenters. The number of ether oxygens (including phenoxy) is 1. The Bertz CT molecular complexity index is 1200. The van der Waals surface area contributed by atoms with Crippen LogP contribution in [0.25, 0.3) is 0 Å². The van der Waals surface area contributed by atoms with Gasteiger partial charge >= 0.3 is 0 Å². The van der Waals surface area contributed by atoms with Crippen molar-refractivity contribution in [3.05, 3.63) is 66.3 Å². The number of anilines is 1. The molecular weight excluding hydrogens is 469 g/mol. The van der Waals surface area contributed by atoms with E-state index in [1.807, 2.05) is 6.07 Å². The number of nitrogens with zero attached hydrogens (tertiary/aromatic N) is 3. The Morgan fingerprint density at radius 3 is 2.61 bits per heavy atom. The lowest BCUT2D eigenvalue weighted by Crippen LogP contribution is -2.42. The third kappa shape index (κ3) is 5.91. The molecule has 11 heteroatoms. The first-order valence-corrected chi connectivity index (χ1v) is 13.1. The number of amides is 1. The fourth-order valence-corrected chi connectivity index (χ4v) is 5.86. The Balaban J connectivity index is 1.40. The summed E-state index contributed by atoms with van der Waals surface area (Å²) in [7, 11) is -3.16. The van der Waals surface area contributed by atoms with Crippen molar-refractivity contribution in [2.24, 2.45) is 0 Å². The van der Waals surface area contributed by atoms with Crippen molar-refractivity contribution in [3.63, 3.8) is 0 Å². The number of sulfone groups is 1. The zero-order chi connectivity index (χ0) is 23.4. The zero-order valence-electron chi connectivity index (χ0n) is 17.8. The average Bonchev–Trinajstić information content (AvgIpc) is 3.41. The van der Waals surface area contributed by atoms with Gasteiger partial charge in [-0.25, -0.2) is 12.8 Å². The van der Waals surface area contributed by atoms with Gasteiger partial charge in [-0.2, -0.15) is 0 Å². The van der Waals surface area contributed by atoms with E-state index in [1.54, 1.807) is 36.1 Å². The van der Waals surface area contributed by atoms with Gasteiger partial charge in [-0.3, -0.25) is 4.79 Å². The summed E-state index contributed by atoms with van der Waals surface area (Å²) in [6.07, 6.45) is -0.172. The number of aromatic nitrogens is 2. The fourth-order valence-electron chi connectivity index (χ4n) is 3.53. The lowest BCUT2D eigenvalue weighted by Gasteiger charge is -2.28. The molecule has 0 bridgehead atoms. The SMILES string of the molecule is C[C@H](Oc1ccc(F)cc1)c1nnc(SCC(=O)N(c2ccccc2)[C@@H]2CCS(=O)(=O)C2)o1. The second-order valence-electron chi connectivity index (χ2n) is 7.57. The average molecular weight is 492 g/mol. The lowest BCUT2D eigenvalue weighted by atomic mass is 10.2. The van der Waals surface area contributed by atoms with Crippen molar-refractivity contribution in [2.45, 2.75) is 30.7 Å². The maximum Gasteiger partial charge on any atom is 0.277 e. The van der Waals surface area contributed by atoms with E-state index >= 15 is 0 Å². The molecule has 1 saturated heterocycles. The molecule has 1 aliphatic heterocycles. The molecule has 2 atom stereocenters. The van der Waals surface area contributed by atoms with E-state index in [2.05, 4.69) is 10.2 Å². The van der Waals surface area contributed by atoms with E-state index in [0.717, 1.165) is 11.8 Å². The molecule has 1 aromatic heterocycles. The van der Waals surface area contributed by atoms with Crippen molar-refractivity contribution in [3.8, 4) is 5.75 Å². The molecule has 0 radical (unpaired) electrons. The number of rotatable bonds is 8. The molecule has 174 valence electrons. The largest absolute Gasteiger partial charge is 0.481 e. The lowest BCUT2D eigenvalue weighted by molar-refractivity contribution is -0.116. The van der Waals surface area contributed by atoms with Crippen LogP contribution in [-0.4, -0.2) is 47.8 Å². The van der Waals surface area contributed by atoms with Crippen LogP contribution in [0, 0.1) is 5.82 Å². The molecule has 3 aromatic rings. The second-order valence-corrected chi connectivity index (χ2v) is 10.7. The molecule has 0 saturated carbocycles. The highest BCUT2D eigenvalue weighted by Gasteiger charge is 2.35. The van der Waals surface area contributed by atoms with Crippen LogP contribution in [0.4, 0.5) is 10.1 Å². The van der Waals surface area contributed by atoms with Crippen LogP contribution in [0.5, 0.6) is 5.75 Å². The molecule has 4 rings (SSSR count). The minimum absolute atomic E-state index is 0.000273. The van der Waals surface area contributed by atoms with E-state index < -0.39 is 22.0 Å². The maximum atomic E-state index is 13.1. The van der Waals surface area contributed by atoms with Crippen LogP contribution in [-0.2, 0) is 14.6 Å². The third-order valence-electron chi connectivity index (χ3n) is 5.09. The van der Waals surface area contributed by atoms with Gasteiger partial charge in [0.1, 0.15) is 11.6 Å². The van der Waals surface area contributed by atoms with Gasteiger partial charge < -0.3 is 14.1 Å². The molecule has 1 aliphatic rings. The number of carbonyl (C=O) groups is 1. The van der Waals surface area contributed by atoms with Gasteiger partial charge in [0.25, 0.3) is 11.1 Å². The number of hydrogen-bond acceptors (Lipinski definition) is 8. The molecule has 0 aliphatic carbocycles. The Hall–Kier alpha value is -2.92. The van der Waals surface area contributed by atoms with Crippen molar-refractivity contribution in [2.75, 3.05) is 22.2 Å². The van der Waals surface area contributed by atoms with Crippen molar-refractivity contribution < 1.29 is 26.8 Å². The van der Waals surface area contributed by atoms with Crippen LogP contribution in [0.15, 0.2) is 64.2 Å². The summed E-state index contributed by atoms with van der Waals surface area (Å²) in [5, 5.41) is 8.12. The van der Waals surface area contributed by atoms with Crippen LogP contribution < -0.4 is 9.64 Å². The van der Waals surface area contributed by atoms with E-state index in [0.29, 0.717) is 17.9 Å². The van der Waals surface area contributed by atoms with Crippen molar-refractivity contribution >= 4 is 33.2 Å². The van der Waals surface area contributed by atoms with E-state index in [4.69, 9.17) is 9.15 Å². The number of thioether (sulfide) groups is 1. The second kappa shape index (κ2) is 9.92. The fraction of sp³-hybridized carbons (Fsp3) is 0.318. The Labute approximate surface area is 195 Å².